The number of rotatable bonds is 6. The number of aliphatic carboxylic acids is 1. The van der Waals surface area contributed by atoms with Gasteiger partial charge in [0.25, 0.3) is 0 Å². The molecule has 0 aliphatic rings. The van der Waals surface area contributed by atoms with E-state index in [4.69, 9.17) is 9.84 Å². The van der Waals surface area contributed by atoms with Gasteiger partial charge in [0.05, 0.1) is 6.61 Å². The number of ether oxygens (including phenoxy) is 1. The molecule has 1 unspecified atom stereocenters. The van der Waals surface area contributed by atoms with Gasteiger partial charge in [-0.1, -0.05) is 36.4 Å². The third-order valence-electron chi connectivity index (χ3n) is 2.04. The van der Waals surface area contributed by atoms with Crippen LogP contribution in [0.2, 0.25) is 0 Å². The second-order valence-corrected chi connectivity index (χ2v) is 3.16. The summed E-state index contributed by atoms with van der Waals surface area (Å²) in [5.74, 6) is -0.906. The zero-order valence-electron chi connectivity index (χ0n) is 8.43. The van der Waals surface area contributed by atoms with E-state index in [0.717, 1.165) is 5.56 Å². The molecule has 1 aromatic rings. The summed E-state index contributed by atoms with van der Waals surface area (Å²) in [5.41, 5.74) is 1.08. The summed E-state index contributed by atoms with van der Waals surface area (Å²) in [7, 11) is 0. The Balaban J connectivity index is 2.50. The molecule has 1 rings (SSSR count). The van der Waals surface area contributed by atoms with Gasteiger partial charge in [0, 0.05) is 5.92 Å². The van der Waals surface area contributed by atoms with E-state index in [1.807, 2.05) is 30.3 Å². The molecule has 3 heteroatoms. The topological polar surface area (TPSA) is 46.5 Å². The molecule has 1 aromatic carbocycles. The maximum Gasteiger partial charge on any atom is 0.329 e. The molecule has 0 saturated heterocycles. The average molecular weight is 206 g/mol. The van der Waals surface area contributed by atoms with Crippen LogP contribution in [-0.2, 0) is 9.53 Å². The van der Waals surface area contributed by atoms with Crippen LogP contribution in [0.4, 0.5) is 0 Å². The van der Waals surface area contributed by atoms with Crippen LogP contribution in [0.25, 0.3) is 0 Å². The fourth-order valence-corrected chi connectivity index (χ4v) is 1.27. The minimum Gasteiger partial charge on any atom is -0.480 e. The third kappa shape index (κ3) is 3.95. The first kappa shape index (κ1) is 11.5. The summed E-state index contributed by atoms with van der Waals surface area (Å²) >= 11 is 0. The van der Waals surface area contributed by atoms with Crippen LogP contribution in [0, 0.1) is 0 Å². The summed E-state index contributed by atoms with van der Waals surface area (Å²) in [4.78, 5) is 10.3. The van der Waals surface area contributed by atoms with Crippen LogP contribution in [0.3, 0.4) is 0 Å². The van der Waals surface area contributed by atoms with Crippen molar-refractivity contribution in [3.05, 3.63) is 48.6 Å². The van der Waals surface area contributed by atoms with Crippen molar-refractivity contribution in [1.29, 1.82) is 0 Å². The Hall–Kier alpha value is -1.61. The van der Waals surface area contributed by atoms with E-state index in [0.29, 0.717) is 6.61 Å². The highest BCUT2D eigenvalue weighted by atomic mass is 16.5. The van der Waals surface area contributed by atoms with Crippen LogP contribution in [-0.4, -0.2) is 24.3 Å². The number of carboxylic acids is 1. The van der Waals surface area contributed by atoms with Crippen molar-refractivity contribution in [2.75, 3.05) is 13.2 Å². The maximum atomic E-state index is 10.3. The van der Waals surface area contributed by atoms with Crippen molar-refractivity contribution in [2.45, 2.75) is 5.92 Å². The lowest BCUT2D eigenvalue weighted by Crippen LogP contribution is -2.12. The Labute approximate surface area is 89.0 Å². The molecule has 0 saturated carbocycles. The molecule has 0 amide bonds. The van der Waals surface area contributed by atoms with Gasteiger partial charge in [0.1, 0.15) is 6.61 Å². The smallest absolute Gasteiger partial charge is 0.329 e. The Bertz CT molecular complexity index is 319. The van der Waals surface area contributed by atoms with Crippen molar-refractivity contribution in [1.82, 2.24) is 0 Å². The molecule has 15 heavy (non-hydrogen) atoms. The molecule has 1 N–H and O–H groups in total. The molecule has 1 atom stereocenters. The molecule has 0 radical (unpaired) electrons. The zero-order chi connectivity index (χ0) is 11.1. The van der Waals surface area contributed by atoms with E-state index >= 15 is 0 Å². The monoisotopic (exact) mass is 206 g/mol. The fourth-order valence-electron chi connectivity index (χ4n) is 1.27. The van der Waals surface area contributed by atoms with Crippen LogP contribution in [0.5, 0.6) is 0 Å². The second-order valence-electron chi connectivity index (χ2n) is 3.16. The SMILES string of the molecule is C=CC(COCC(=O)O)c1ccccc1. The van der Waals surface area contributed by atoms with Gasteiger partial charge in [-0.3, -0.25) is 0 Å². The van der Waals surface area contributed by atoms with Gasteiger partial charge < -0.3 is 9.84 Å². The first-order valence-corrected chi connectivity index (χ1v) is 4.71. The predicted molar refractivity (Wildman–Crippen MR) is 57.8 cm³/mol. The van der Waals surface area contributed by atoms with Crippen molar-refractivity contribution >= 4 is 5.97 Å². The first-order valence-electron chi connectivity index (χ1n) is 4.71. The highest BCUT2D eigenvalue weighted by Crippen LogP contribution is 2.16. The van der Waals surface area contributed by atoms with Gasteiger partial charge in [0.2, 0.25) is 0 Å². The van der Waals surface area contributed by atoms with Crippen molar-refractivity contribution in [3.63, 3.8) is 0 Å². The van der Waals surface area contributed by atoms with Gasteiger partial charge in [0.15, 0.2) is 0 Å². The van der Waals surface area contributed by atoms with Crippen LogP contribution < -0.4 is 0 Å². The zero-order valence-corrected chi connectivity index (χ0v) is 8.43. The lowest BCUT2D eigenvalue weighted by Gasteiger charge is -2.12. The minimum absolute atomic E-state index is 0.0468. The summed E-state index contributed by atoms with van der Waals surface area (Å²) in [6.45, 7) is 3.79. The van der Waals surface area contributed by atoms with E-state index in [9.17, 15) is 4.79 Å². The summed E-state index contributed by atoms with van der Waals surface area (Å²) in [6.07, 6.45) is 1.76. The number of benzene rings is 1. The largest absolute Gasteiger partial charge is 0.480 e. The molecule has 0 spiro atoms. The molecular weight excluding hydrogens is 192 g/mol. The highest BCUT2D eigenvalue weighted by molar-refractivity contribution is 5.68. The maximum absolute atomic E-state index is 10.3. The van der Waals surface area contributed by atoms with Crippen molar-refractivity contribution in [2.24, 2.45) is 0 Å². The number of hydrogen-bond donors (Lipinski definition) is 1. The molecule has 0 aliphatic carbocycles. The lowest BCUT2D eigenvalue weighted by molar-refractivity contribution is -0.142. The second kappa shape index (κ2) is 5.98. The Morgan fingerprint density at radius 3 is 2.67 bits per heavy atom. The minimum atomic E-state index is -0.953. The fraction of sp³-hybridized carbons (Fsp3) is 0.250. The third-order valence-corrected chi connectivity index (χ3v) is 2.04. The average Bonchev–Trinajstić information content (AvgIpc) is 2.25. The van der Waals surface area contributed by atoms with Gasteiger partial charge in [-0.05, 0) is 5.56 Å². The van der Waals surface area contributed by atoms with Crippen LogP contribution >= 0.6 is 0 Å². The van der Waals surface area contributed by atoms with Gasteiger partial charge in [-0.25, -0.2) is 4.79 Å². The number of carbonyl (C=O) groups is 1. The lowest BCUT2D eigenvalue weighted by atomic mass is 10.0. The number of hydrogen-bond acceptors (Lipinski definition) is 2. The van der Waals surface area contributed by atoms with Crippen LogP contribution in [0.15, 0.2) is 43.0 Å². The first-order chi connectivity index (χ1) is 7.24. The Morgan fingerprint density at radius 1 is 1.47 bits per heavy atom. The highest BCUT2D eigenvalue weighted by Gasteiger charge is 2.07. The molecule has 0 fully saturated rings. The molecule has 0 aliphatic heterocycles. The molecular formula is C12H14O3. The normalized spacial score (nSPS) is 12.0. The van der Waals surface area contributed by atoms with Crippen LogP contribution in [0.1, 0.15) is 11.5 Å². The summed E-state index contributed by atoms with van der Waals surface area (Å²) in [5, 5.41) is 8.42. The Kier molecular flexibility index (Phi) is 4.57. The molecule has 0 aromatic heterocycles. The molecule has 0 bridgehead atoms. The van der Waals surface area contributed by atoms with E-state index in [2.05, 4.69) is 6.58 Å². The standard InChI is InChI=1S/C12H14O3/c1-2-10(8-15-9-12(13)14)11-6-4-3-5-7-11/h2-7,10H,1,8-9H2,(H,13,14). The summed E-state index contributed by atoms with van der Waals surface area (Å²) in [6, 6.07) is 9.74. The Morgan fingerprint density at radius 2 is 2.13 bits per heavy atom. The van der Waals surface area contributed by atoms with E-state index in [1.165, 1.54) is 0 Å². The quantitative estimate of drug-likeness (QED) is 0.724. The van der Waals surface area contributed by atoms with Gasteiger partial charge >= 0.3 is 5.97 Å². The predicted octanol–water partition coefficient (Wildman–Crippen LogP) is 2.06. The van der Waals surface area contributed by atoms with E-state index in [-0.39, 0.29) is 12.5 Å². The summed E-state index contributed by atoms with van der Waals surface area (Å²) < 4.78 is 5.03. The van der Waals surface area contributed by atoms with Gasteiger partial charge in [-0.15, -0.1) is 6.58 Å². The van der Waals surface area contributed by atoms with E-state index < -0.39 is 5.97 Å². The molecule has 80 valence electrons. The van der Waals surface area contributed by atoms with Crippen molar-refractivity contribution in [3.8, 4) is 0 Å². The van der Waals surface area contributed by atoms with E-state index in [1.54, 1.807) is 6.08 Å². The van der Waals surface area contributed by atoms with Crippen molar-refractivity contribution < 1.29 is 14.6 Å². The molecule has 0 heterocycles. The van der Waals surface area contributed by atoms with Gasteiger partial charge in [-0.2, -0.15) is 0 Å². The number of carboxylic acid groups (broad SMARTS) is 1. The molecule has 3 nitrogen and oxygen atoms in total.